The Morgan fingerprint density at radius 2 is 1.74 bits per heavy atom. The van der Waals surface area contributed by atoms with E-state index in [0.29, 0.717) is 38.5 Å². The molecule has 3 aliphatic rings. The molecule has 1 aromatic heterocycles. The van der Waals surface area contributed by atoms with Gasteiger partial charge in [-0.25, -0.2) is 0 Å². The summed E-state index contributed by atoms with van der Waals surface area (Å²) in [7, 11) is 0. The van der Waals surface area contributed by atoms with Crippen LogP contribution in [0.2, 0.25) is 0 Å². The number of nitrogens with two attached hydrogens (primary N) is 1. The van der Waals surface area contributed by atoms with Crippen molar-refractivity contribution >= 4 is 17.7 Å². The van der Waals surface area contributed by atoms with Crippen LogP contribution in [0.3, 0.4) is 0 Å². The second-order valence-corrected chi connectivity index (χ2v) is 13.3. The highest BCUT2D eigenvalue weighted by molar-refractivity contribution is 5.76. The SMILES string of the molecule is CCOC(=O)[C@@H]1CC2(CCN(c3cc(O[C@H](c4ccc(-c5ccc(CNCCN6CCOCC6)cc5)cc4)C(F)(F)F)nc(N)n3)CC2)CN1. The van der Waals surface area contributed by atoms with Crippen molar-refractivity contribution in [3.05, 3.63) is 65.7 Å². The lowest BCUT2D eigenvalue weighted by Crippen LogP contribution is -2.41. The van der Waals surface area contributed by atoms with Crippen LogP contribution >= 0.6 is 0 Å². The second kappa shape index (κ2) is 15.9. The minimum atomic E-state index is -4.71. The minimum absolute atomic E-state index is 0.0501. The first kappa shape index (κ1) is 35.8. The third kappa shape index (κ3) is 9.02. The summed E-state index contributed by atoms with van der Waals surface area (Å²) in [6.45, 7) is 10.1. The molecule has 0 aliphatic carbocycles. The van der Waals surface area contributed by atoms with Crippen LogP contribution in [0.5, 0.6) is 5.88 Å². The fourth-order valence-electron chi connectivity index (χ4n) is 6.97. The molecule has 2 atom stereocenters. The molecule has 50 heavy (non-hydrogen) atoms. The van der Waals surface area contributed by atoms with Crippen molar-refractivity contribution in [2.24, 2.45) is 5.41 Å². The molecule has 270 valence electrons. The summed E-state index contributed by atoms with van der Waals surface area (Å²) in [6, 6.07) is 15.3. The summed E-state index contributed by atoms with van der Waals surface area (Å²) in [6.07, 6.45) is -4.71. The Balaban J connectivity index is 1.06. The lowest BCUT2D eigenvalue weighted by atomic mass is 9.76. The fourth-order valence-corrected chi connectivity index (χ4v) is 6.97. The van der Waals surface area contributed by atoms with Gasteiger partial charge in [0.15, 0.2) is 0 Å². The van der Waals surface area contributed by atoms with Gasteiger partial charge in [-0.05, 0) is 48.3 Å². The number of nitrogen functional groups attached to an aromatic ring is 1. The highest BCUT2D eigenvalue weighted by Gasteiger charge is 2.45. The molecule has 0 saturated carbocycles. The van der Waals surface area contributed by atoms with Crippen molar-refractivity contribution in [1.29, 1.82) is 0 Å². The number of carbonyl (C=O) groups excluding carboxylic acids is 1. The molecular formula is C36H46F3N7O4. The summed E-state index contributed by atoms with van der Waals surface area (Å²) >= 11 is 0. The Bertz CT molecular complexity index is 1560. The van der Waals surface area contributed by atoms with E-state index in [-0.39, 0.29) is 34.8 Å². The first-order valence-corrected chi connectivity index (χ1v) is 17.3. The Morgan fingerprint density at radius 1 is 1.06 bits per heavy atom. The van der Waals surface area contributed by atoms with Crippen LogP contribution in [0.15, 0.2) is 54.6 Å². The fraction of sp³-hybridized carbons (Fsp3) is 0.528. The number of nitrogens with one attached hydrogen (secondary N) is 2. The minimum Gasteiger partial charge on any atom is -0.465 e. The van der Waals surface area contributed by atoms with Crippen molar-refractivity contribution < 1.29 is 32.2 Å². The number of ether oxygens (including phenoxy) is 3. The molecule has 2 aromatic carbocycles. The van der Waals surface area contributed by atoms with Gasteiger partial charge in [0.1, 0.15) is 11.9 Å². The van der Waals surface area contributed by atoms with Crippen LogP contribution in [0, 0.1) is 5.41 Å². The zero-order chi connectivity index (χ0) is 35.1. The summed E-state index contributed by atoms with van der Waals surface area (Å²) in [5, 5.41) is 6.75. The van der Waals surface area contributed by atoms with E-state index in [2.05, 4.69) is 25.5 Å². The largest absolute Gasteiger partial charge is 0.465 e. The molecule has 14 heteroatoms. The van der Waals surface area contributed by atoms with Crippen LogP contribution < -0.4 is 26.0 Å². The van der Waals surface area contributed by atoms with Gasteiger partial charge < -0.3 is 35.5 Å². The summed E-state index contributed by atoms with van der Waals surface area (Å²) in [4.78, 5) is 24.9. The van der Waals surface area contributed by atoms with Gasteiger partial charge >= 0.3 is 12.1 Å². The van der Waals surface area contributed by atoms with E-state index < -0.39 is 12.3 Å². The number of benzene rings is 2. The van der Waals surface area contributed by atoms with Gasteiger partial charge in [-0.2, -0.15) is 23.1 Å². The second-order valence-electron chi connectivity index (χ2n) is 13.3. The molecule has 11 nitrogen and oxygen atoms in total. The maximum Gasteiger partial charge on any atom is 0.429 e. The van der Waals surface area contributed by atoms with Crippen molar-refractivity contribution in [1.82, 2.24) is 25.5 Å². The number of nitrogens with zero attached hydrogens (tertiary/aromatic N) is 4. The van der Waals surface area contributed by atoms with Crippen LogP contribution in [0.4, 0.5) is 24.9 Å². The molecule has 1 spiro atoms. The normalized spacial score (nSPS) is 20.2. The van der Waals surface area contributed by atoms with E-state index >= 15 is 0 Å². The zero-order valence-electron chi connectivity index (χ0n) is 28.4. The van der Waals surface area contributed by atoms with E-state index in [1.54, 1.807) is 19.1 Å². The van der Waals surface area contributed by atoms with E-state index in [4.69, 9.17) is 19.9 Å². The molecule has 3 saturated heterocycles. The standard InChI is InChI=1S/C36H46F3N7O4/c1-2-49-33(47)29-22-35(24-42-29)11-14-46(15-12-35)30-21-31(44-34(40)43-30)50-32(36(37,38)39)28-9-7-27(8-10-28)26-5-3-25(4-6-26)23-41-13-16-45-17-19-48-20-18-45/h3-10,21,29,32,41-42H,2,11-20,22-24H2,1H3,(H2,40,43,44)/t29-,32+/m0/s1. The highest BCUT2D eigenvalue weighted by Crippen LogP contribution is 2.42. The molecule has 0 bridgehead atoms. The number of esters is 1. The number of anilines is 2. The maximum atomic E-state index is 14.4. The van der Waals surface area contributed by atoms with Gasteiger partial charge in [0, 0.05) is 64.0 Å². The van der Waals surface area contributed by atoms with Gasteiger partial charge in [0.25, 0.3) is 0 Å². The first-order chi connectivity index (χ1) is 24.1. The van der Waals surface area contributed by atoms with Gasteiger partial charge in [0.05, 0.1) is 19.8 Å². The smallest absolute Gasteiger partial charge is 0.429 e. The lowest BCUT2D eigenvalue weighted by molar-refractivity contribution is -0.198. The molecule has 4 N–H and O–H groups in total. The third-order valence-corrected chi connectivity index (χ3v) is 9.86. The van der Waals surface area contributed by atoms with Crippen LogP contribution in [-0.2, 0) is 20.8 Å². The molecule has 3 fully saturated rings. The average Bonchev–Trinajstić information content (AvgIpc) is 3.53. The Kier molecular flexibility index (Phi) is 11.4. The summed E-state index contributed by atoms with van der Waals surface area (Å²) in [5.41, 5.74) is 8.69. The molecule has 4 heterocycles. The maximum absolute atomic E-state index is 14.4. The molecule has 6 rings (SSSR count). The van der Waals surface area contributed by atoms with Crippen molar-refractivity contribution in [2.75, 3.05) is 76.3 Å². The first-order valence-electron chi connectivity index (χ1n) is 17.3. The predicted octanol–water partition coefficient (Wildman–Crippen LogP) is 4.34. The molecular weight excluding hydrogens is 651 g/mol. The Hall–Kier alpha value is -3.98. The zero-order valence-corrected chi connectivity index (χ0v) is 28.4. The summed E-state index contributed by atoms with van der Waals surface area (Å²) < 4.78 is 59.3. The van der Waals surface area contributed by atoms with Gasteiger partial charge in [-0.3, -0.25) is 9.69 Å². The lowest BCUT2D eigenvalue weighted by Gasteiger charge is -2.39. The van der Waals surface area contributed by atoms with Crippen LogP contribution in [0.1, 0.15) is 43.4 Å². The number of halogens is 3. The number of aromatic nitrogens is 2. The topological polar surface area (TPSA) is 127 Å². The molecule has 3 aromatic rings. The Morgan fingerprint density at radius 3 is 2.40 bits per heavy atom. The average molecular weight is 698 g/mol. The van der Waals surface area contributed by atoms with Crippen molar-refractivity contribution in [3.63, 3.8) is 0 Å². The van der Waals surface area contributed by atoms with Crippen molar-refractivity contribution in [3.8, 4) is 17.0 Å². The number of alkyl halides is 3. The molecule has 3 aliphatic heterocycles. The summed E-state index contributed by atoms with van der Waals surface area (Å²) in [5.74, 6) is -0.255. The van der Waals surface area contributed by atoms with Gasteiger partial charge in [0.2, 0.25) is 17.9 Å². The number of rotatable bonds is 12. The number of morpholine rings is 1. The number of hydrogen-bond acceptors (Lipinski definition) is 11. The van der Waals surface area contributed by atoms with E-state index in [1.165, 1.54) is 18.2 Å². The van der Waals surface area contributed by atoms with E-state index in [9.17, 15) is 18.0 Å². The number of piperidine rings is 1. The van der Waals surface area contributed by atoms with Crippen LogP contribution in [-0.4, -0.2) is 98.7 Å². The van der Waals surface area contributed by atoms with Crippen LogP contribution in [0.25, 0.3) is 11.1 Å². The monoisotopic (exact) mass is 697 g/mol. The number of hydrogen-bond donors (Lipinski definition) is 3. The van der Waals surface area contributed by atoms with E-state index in [1.807, 2.05) is 29.2 Å². The highest BCUT2D eigenvalue weighted by atomic mass is 19.4. The predicted molar refractivity (Wildman–Crippen MR) is 184 cm³/mol. The van der Waals surface area contributed by atoms with E-state index in [0.717, 1.165) is 75.5 Å². The molecule has 0 radical (unpaired) electrons. The molecule has 0 unspecified atom stereocenters. The van der Waals surface area contributed by atoms with Crippen molar-refractivity contribution in [2.45, 2.75) is 51.1 Å². The van der Waals surface area contributed by atoms with Gasteiger partial charge in [-0.15, -0.1) is 0 Å². The third-order valence-electron chi connectivity index (χ3n) is 9.86. The van der Waals surface area contributed by atoms with Gasteiger partial charge in [-0.1, -0.05) is 48.5 Å². The quantitative estimate of drug-likeness (QED) is 0.185. The molecule has 0 amide bonds. The number of carbonyl (C=O) groups is 1. The Labute approximate surface area is 290 Å².